The van der Waals surface area contributed by atoms with Crippen LogP contribution in [0.1, 0.15) is 49.4 Å². The van der Waals surface area contributed by atoms with E-state index in [-0.39, 0.29) is 17.4 Å². The van der Waals surface area contributed by atoms with Crippen molar-refractivity contribution in [2.24, 2.45) is 0 Å². The van der Waals surface area contributed by atoms with E-state index in [9.17, 15) is 4.79 Å². The van der Waals surface area contributed by atoms with Crippen molar-refractivity contribution in [2.45, 2.75) is 45.4 Å². The van der Waals surface area contributed by atoms with Crippen molar-refractivity contribution in [3.05, 3.63) is 55.9 Å². The number of hydrogen-bond acceptors (Lipinski definition) is 3. The second kappa shape index (κ2) is 7.58. The Morgan fingerprint density at radius 1 is 1.41 bits per heavy atom. The Hall–Kier alpha value is -1.62. The second-order valence-electron chi connectivity index (χ2n) is 5.24. The molecule has 4 nitrogen and oxygen atoms in total. The van der Waals surface area contributed by atoms with Gasteiger partial charge in [-0.05, 0) is 43.4 Å². The molecule has 3 N–H and O–H groups in total. The average Bonchev–Trinajstić information content (AvgIpc) is 2.50. The van der Waals surface area contributed by atoms with E-state index >= 15 is 0 Å². The summed E-state index contributed by atoms with van der Waals surface area (Å²) >= 11 is 3.49. The number of nitrogen functional groups attached to an aromatic ring is 1. The van der Waals surface area contributed by atoms with Gasteiger partial charge in [0.15, 0.2) is 0 Å². The molecule has 1 atom stereocenters. The van der Waals surface area contributed by atoms with Crippen molar-refractivity contribution in [3.63, 3.8) is 0 Å². The number of hydrogen-bond donors (Lipinski definition) is 2. The monoisotopic (exact) mass is 363 g/mol. The molecule has 1 aliphatic carbocycles. The molecule has 1 aromatic carbocycles. The Morgan fingerprint density at radius 2 is 2.18 bits per heavy atom. The molecule has 118 valence electrons. The summed E-state index contributed by atoms with van der Waals surface area (Å²) in [5, 5.41) is 0. The molecule has 0 fully saturated rings. The van der Waals surface area contributed by atoms with E-state index in [0.29, 0.717) is 0 Å². The SMILES string of the molecule is CC.Nc1nc2c(c(=O)[nH]1)CCCC2Cc1cccc(Br)c1. The first-order valence-electron chi connectivity index (χ1n) is 7.76. The Labute approximate surface area is 139 Å². The van der Waals surface area contributed by atoms with Gasteiger partial charge in [0.2, 0.25) is 5.95 Å². The van der Waals surface area contributed by atoms with E-state index in [0.717, 1.165) is 41.4 Å². The van der Waals surface area contributed by atoms with E-state index in [1.165, 1.54) is 5.56 Å². The van der Waals surface area contributed by atoms with Gasteiger partial charge in [0.25, 0.3) is 5.56 Å². The normalized spacial score (nSPS) is 16.4. The average molecular weight is 364 g/mol. The highest BCUT2D eigenvalue weighted by Crippen LogP contribution is 2.31. The number of benzene rings is 1. The summed E-state index contributed by atoms with van der Waals surface area (Å²) < 4.78 is 1.07. The molecule has 0 saturated heterocycles. The van der Waals surface area contributed by atoms with Gasteiger partial charge in [-0.15, -0.1) is 0 Å². The number of nitrogens with two attached hydrogens (primary N) is 1. The minimum atomic E-state index is -0.0774. The molecular formula is C17H22BrN3O. The summed E-state index contributed by atoms with van der Waals surface area (Å²) in [6, 6.07) is 8.27. The zero-order chi connectivity index (χ0) is 16.1. The molecule has 1 unspecified atom stereocenters. The number of aromatic nitrogens is 2. The van der Waals surface area contributed by atoms with Crippen LogP contribution in [0.25, 0.3) is 0 Å². The van der Waals surface area contributed by atoms with Crippen molar-refractivity contribution in [1.29, 1.82) is 0 Å². The van der Waals surface area contributed by atoms with Crippen molar-refractivity contribution in [2.75, 3.05) is 5.73 Å². The predicted molar refractivity (Wildman–Crippen MR) is 94.1 cm³/mol. The highest BCUT2D eigenvalue weighted by Gasteiger charge is 2.24. The molecule has 5 heteroatoms. The molecule has 0 spiro atoms. The topological polar surface area (TPSA) is 71.8 Å². The molecule has 22 heavy (non-hydrogen) atoms. The van der Waals surface area contributed by atoms with Gasteiger partial charge in [0, 0.05) is 16.0 Å². The first-order valence-corrected chi connectivity index (χ1v) is 8.56. The minimum Gasteiger partial charge on any atom is -0.369 e. The van der Waals surface area contributed by atoms with Crippen LogP contribution < -0.4 is 11.3 Å². The smallest absolute Gasteiger partial charge is 0.255 e. The lowest BCUT2D eigenvalue weighted by molar-refractivity contribution is 0.530. The third-order valence-corrected chi connectivity index (χ3v) is 4.30. The van der Waals surface area contributed by atoms with Crippen LogP contribution in [-0.2, 0) is 12.8 Å². The fraction of sp³-hybridized carbons (Fsp3) is 0.412. The van der Waals surface area contributed by atoms with Crippen molar-refractivity contribution in [3.8, 4) is 0 Å². The molecule has 0 radical (unpaired) electrons. The van der Waals surface area contributed by atoms with Crippen LogP contribution in [0.15, 0.2) is 33.5 Å². The van der Waals surface area contributed by atoms with E-state index in [4.69, 9.17) is 5.73 Å². The maximum absolute atomic E-state index is 12.0. The molecule has 2 aromatic rings. The number of aromatic amines is 1. The summed E-state index contributed by atoms with van der Waals surface area (Å²) in [4.78, 5) is 18.9. The van der Waals surface area contributed by atoms with Gasteiger partial charge in [-0.1, -0.05) is 41.9 Å². The maximum Gasteiger partial charge on any atom is 0.255 e. The summed E-state index contributed by atoms with van der Waals surface area (Å²) in [5.74, 6) is 0.493. The van der Waals surface area contributed by atoms with Gasteiger partial charge in [-0.2, -0.15) is 0 Å². The fourth-order valence-electron chi connectivity index (χ4n) is 2.92. The molecule has 0 amide bonds. The van der Waals surface area contributed by atoms with E-state index in [1.807, 2.05) is 26.0 Å². The molecule has 3 rings (SSSR count). The number of H-pyrrole nitrogens is 1. The number of nitrogens with zero attached hydrogens (tertiary/aromatic N) is 1. The van der Waals surface area contributed by atoms with Crippen LogP contribution in [0.4, 0.5) is 5.95 Å². The number of nitrogens with one attached hydrogen (secondary N) is 1. The van der Waals surface area contributed by atoms with Gasteiger partial charge >= 0.3 is 0 Å². The van der Waals surface area contributed by atoms with Crippen LogP contribution in [0.2, 0.25) is 0 Å². The highest BCUT2D eigenvalue weighted by molar-refractivity contribution is 9.10. The fourth-order valence-corrected chi connectivity index (χ4v) is 3.37. The summed E-state index contributed by atoms with van der Waals surface area (Å²) in [5.41, 5.74) is 8.56. The Bertz CT molecular complexity index is 697. The number of halogens is 1. The highest BCUT2D eigenvalue weighted by atomic mass is 79.9. The maximum atomic E-state index is 12.0. The Morgan fingerprint density at radius 3 is 2.91 bits per heavy atom. The number of fused-ring (bicyclic) bond motifs is 1. The standard InChI is InChI=1S/C15H16BrN3O.C2H6/c16-11-5-1-3-9(8-11)7-10-4-2-6-12-13(10)18-15(17)19-14(12)20;1-2/h1,3,5,8,10H,2,4,6-7H2,(H3,17,18,19,20);1-2H3. The van der Waals surface area contributed by atoms with Crippen molar-refractivity contribution in [1.82, 2.24) is 9.97 Å². The van der Waals surface area contributed by atoms with Gasteiger partial charge < -0.3 is 5.73 Å². The second-order valence-corrected chi connectivity index (χ2v) is 6.15. The number of anilines is 1. The van der Waals surface area contributed by atoms with Gasteiger partial charge in [-0.3, -0.25) is 9.78 Å². The van der Waals surface area contributed by atoms with Crippen LogP contribution in [0.5, 0.6) is 0 Å². The zero-order valence-electron chi connectivity index (χ0n) is 13.0. The van der Waals surface area contributed by atoms with Gasteiger partial charge in [0.1, 0.15) is 0 Å². The minimum absolute atomic E-state index is 0.0774. The van der Waals surface area contributed by atoms with Gasteiger partial charge in [0.05, 0.1) is 5.69 Å². The van der Waals surface area contributed by atoms with Crippen LogP contribution in [0.3, 0.4) is 0 Å². The third kappa shape index (κ3) is 3.77. The summed E-state index contributed by atoms with van der Waals surface area (Å²) in [6.45, 7) is 4.00. The van der Waals surface area contributed by atoms with Crippen molar-refractivity contribution >= 4 is 21.9 Å². The van der Waals surface area contributed by atoms with Gasteiger partial charge in [-0.25, -0.2) is 4.98 Å². The molecule has 0 aliphatic heterocycles. The molecule has 1 aliphatic rings. The number of rotatable bonds is 2. The van der Waals surface area contributed by atoms with Crippen LogP contribution >= 0.6 is 15.9 Å². The zero-order valence-corrected chi connectivity index (χ0v) is 14.6. The van der Waals surface area contributed by atoms with E-state index in [2.05, 4.69) is 38.0 Å². The molecule has 0 saturated carbocycles. The molecule has 1 aromatic heterocycles. The molecule has 1 heterocycles. The molecule has 0 bridgehead atoms. The largest absolute Gasteiger partial charge is 0.369 e. The quantitative estimate of drug-likeness (QED) is 0.851. The lowest BCUT2D eigenvalue weighted by Crippen LogP contribution is -2.25. The lowest BCUT2D eigenvalue weighted by Gasteiger charge is -2.24. The summed E-state index contributed by atoms with van der Waals surface area (Å²) in [7, 11) is 0. The Kier molecular flexibility index (Phi) is 5.77. The first kappa shape index (κ1) is 16.7. The predicted octanol–water partition coefficient (Wildman–Crippen LogP) is 3.80. The van der Waals surface area contributed by atoms with Crippen LogP contribution in [0, 0.1) is 0 Å². The Balaban J connectivity index is 0.000000847. The van der Waals surface area contributed by atoms with Crippen LogP contribution in [-0.4, -0.2) is 9.97 Å². The van der Waals surface area contributed by atoms with E-state index in [1.54, 1.807) is 0 Å². The lowest BCUT2D eigenvalue weighted by atomic mass is 9.83. The van der Waals surface area contributed by atoms with E-state index < -0.39 is 0 Å². The summed E-state index contributed by atoms with van der Waals surface area (Å²) in [6.07, 6.45) is 3.77. The third-order valence-electron chi connectivity index (χ3n) is 3.80. The van der Waals surface area contributed by atoms with Crippen molar-refractivity contribution < 1.29 is 0 Å². The molecular weight excluding hydrogens is 342 g/mol. The first-order chi connectivity index (χ1) is 10.6.